The molecule has 14 aromatic carbocycles. The molecule has 0 heterocycles. The highest BCUT2D eigenvalue weighted by atomic mass is 15.2. The van der Waals surface area contributed by atoms with Crippen LogP contribution in [-0.2, 0) is 32.1 Å². The Morgan fingerprint density at radius 1 is 0.274 bits per heavy atom. The van der Waals surface area contributed by atoms with Gasteiger partial charge in [0.25, 0.3) is 0 Å². The molecule has 0 fully saturated rings. The van der Waals surface area contributed by atoms with E-state index in [4.69, 9.17) is 0 Å². The highest BCUT2D eigenvalue weighted by molar-refractivity contribution is 6.23. The molecule has 3 aliphatic carbocycles. The van der Waals surface area contributed by atoms with Crippen LogP contribution in [0.25, 0.3) is 104 Å². The van der Waals surface area contributed by atoms with Crippen molar-refractivity contribution in [2.45, 2.75) is 38.1 Å². The van der Waals surface area contributed by atoms with Crippen LogP contribution in [0.4, 0.5) is 28.4 Å². The van der Waals surface area contributed by atoms with Crippen molar-refractivity contribution < 1.29 is 0 Å². The molecular formula is C82H58N2. The molecule has 1 unspecified atom stereocenters. The molecule has 3 aliphatic rings. The molecule has 0 bridgehead atoms. The van der Waals surface area contributed by atoms with E-state index in [9.17, 15) is 0 Å². The highest BCUT2D eigenvalue weighted by Gasteiger charge is 2.28. The molecule has 17 rings (SSSR count). The van der Waals surface area contributed by atoms with Crippen LogP contribution in [0, 0.1) is 0 Å². The van der Waals surface area contributed by atoms with E-state index >= 15 is 0 Å². The molecule has 2 heteroatoms. The monoisotopic (exact) mass is 1070 g/mol. The smallest absolute Gasteiger partial charge is 0.0566 e. The molecule has 0 spiro atoms. The van der Waals surface area contributed by atoms with Gasteiger partial charge in [-0.3, -0.25) is 0 Å². The van der Waals surface area contributed by atoms with Crippen molar-refractivity contribution in [2.75, 3.05) is 9.80 Å². The van der Waals surface area contributed by atoms with Crippen molar-refractivity contribution in [3.63, 3.8) is 0 Å². The largest absolute Gasteiger partial charge is 0.334 e. The van der Waals surface area contributed by atoms with Crippen LogP contribution in [0.2, 0.25) is 0 Å². The van der Waals surface area contributed by atoms with Gasteiger partial charge in [0, 0.05) is 28.4 Å². The van der Waals surface area contributed by atoms with Crippen LogP contribution in [0.5, 0.6) is 0 Å². The third-order valence-corrected chi connectivity index (χ3v) is 18.7. The lowest BCUT2D eigenvalue weighted by Gasteiger charge is -2.35. The van der Waals surface area contributed by atoms with Gasteiger partial charge in [-0.1, -0.05) is 224 Å². The van der Waals surface area contributed by atoms with Crippen molar-refractivity contribution in [3.8, 4) is 44.5 Å². The maximum atomic E-state index is 2.61. The maximum Gasteiger partial charge on any atom is 0.0566 e. The van der Waals surface area contributed by atoms with Crippen molar-refractivity contribution in [2.24, 2.45) is 0 Å². The van der Waals surface area contributed by atoms with E-state index in [0.717, 1.165) is 49.2 Å². The minimum Gasteiger partial charge on any atom is -0.334 e. The molecule has 0 radical (unpaired) electrons. The Labute approximate surface area is 490 Å². The van der Waals surface area contributed by atoms with Gasteiger partial charge in [0.2, 0.25) is 0 Å². The van der Waals surface area contributed by atoms with Gasteiger partial charge in [-0.25, -0.2) is 0 Å². The van der Waals surface area contributed by atoms with Crippen LogP contribution in [0.1, 0.15) is 33.4 Å². The van der Waals surface area contributed by atoms with Gasteiger partial charge in [0.15, 0.2) is 0 Å². The summed E-state index contributed by atoms with van der Waals surface area (Å²) in [5, 5.41) is 12.3. The van der Waals surface area contributed by atoms with E-state index in [2.05, 4.69) is 295 Å². The molecule has 0 saturated carbocycles. The second-order valence-corrected chi connectivity index (χ2v) is 23.4. The Morgan fingerprint density at radius 2 is 0.667 bits per heavy atom. The van der Waals surface area contributed by atoms with Gasteiger partial charge in [-0.05, 0) is 225 Å². The summed E-state index contributed by atoms with van der Waals surface area (Å²) in [6, 6.07) is 104. The highest BCUT2D eigenvalue weighted by Crippen LogP contribution is 2.51. The Kier molecular flexibility index (Phi) is 11.4. The summed E-state index contributed by atoms with van der Waals surface area (Å²) >= 11 is 0. The maximum absolute atomic E-state index is 2.61. The molecule has 396 valence electrons. The number of nitrogens with zero attached hydrogens (tertiary/aromatic N) is 2. The minimum atomic E-state index is 0.0768. The fraction of sp³-hybridized carbons (Fsp3) is 0.0732. The molecule has 1 atom stereocenters. The second-order valence-electron chi connectivity index (χ2n) is 23.4. The first kappa shape index (κ1) is 48.4. The topological polar surface area (TPSA) is 6.48 Å². The molecular weight excluding hydrogens is 1010 g/mol. The Bertz CT molecular complexity index is 4960. The van der Waals surface area contributed by atoms with Gasteiger partial charge in [-0.2, -0.15) is 0 Å². The van der Waals surface area contributed by atoms with Gasteiger partial charge in [-0.15, -0.1) is 0 Å². The molecule has 0 saturated heterocycles. The average molecular weight is 1070 g/mol. The predicted octanol–water partition coefficient (Wildman–Crippen LogP) is 21.6. The van der Waals surface area contributed by atoms with Gasteiger partial charge < -0.3 is 9.80 Å². The van der Waals surface area contributed by atoms with Crippen LogP contribution in [0.15, 0.2) is 279 Å². The molecule has 0 amide bonds. The van der Waals surface area contributed by atoms with E-state index < -0.39 is 0 Å². The number of rotatable bonds is 8. The number of anilines is 5. The van der Waals surface area contributed by atoms with E-state index in [1.54, 1.807) is 0 Å². The van der Waals surface area contributed by atoms with Gasteiger partial charge >= 0.3 is 0 Å². The number of hydrogen-bond acceptors (Lipinski definition) is 2. The van der Waals surface area contributed by atoms with E-state index in [1.807, 2.05) is 0 Å². The molecule has 0 N–H and O–H groups in total. The quantitative estimate of drug-likeness (QED) is 0.140. The summed E-state index contributed by atoms with van der Waals surface area (Å²) in [6.07, 6.45) is 9.72. The Hall–Kier alpha value is -10.3. The van der Waals surface area contributed by atoms with Crippen molar-refractivity contribution in [1.82, 2.24) is 0 Å². The zero-order chi connectivity index (χ0) is 55.2. The standard InChI is InChI=1S/C82H58N2/c1-5-19-59-47-67(35-29-53(59)13-1)83(68-36-30-54-14-2-6-20-60(54)48-68)71-39-43-77-79(51-71)81(65-33-41-75-63(45-65)27-25-57-17-9-11-23-73(57)75)78-44-40-72(52-80(78)82(77)66-34-42-76-64(46-66)28-26-58-18-10-12-24-74(58)76)84(69-37-31-55-15-3-7-21-61(55)49-69)70-38-32-56-16-4-8-22-62(56)50-70/h1-24,29-49,51-52,70H,25-28,50H2. The van der Waals surface area contributed by atoms with Crippen LogP contribution < -0.4 is 9.80 Å². The first-order chi connectivity index (χ1) is 41.6. The lowest BCUT2D eigenvalue weighted by molar-refractivity contribution is 0.767. The van der Waals surface area contributed by atoms with Crippen LogP contribution >= 0.6 is 0 Å². The Morgan fingerprint density at radius 3 is 1.23 bits per heavy atom. The van der Waals surface area contributed by atoms with Crippen molar-refractivity contribution in [3.05, 3.63) is 312 Å². The van der Waals surface area contributed by atoms with Crippen molar-refractivity contribution in [1.29, 1.82) is 0 Å². The number of fused-ring (bicyclic) bond motifs is 12. The Balaban J connectivity index is 0.958. The minimum absolute atomic E-state index is 0.0768. The third-order valence-electron chi connectivity index (χ3n) is 18.7. The zero-order valence-electron chi connectivity index (χ0n) is 46.6. The third kappa shape index (κ3) is 8.16. The van der Waals surface area contributed by atoms with Crippen LogP contribution in [-0.4, -0.2) is 6.04 Å². The molecule has 2 nitrogen and oxygen atoms in total. The number of hydrogen-bond donors (Lipinski definition) is 0. The van der Waals surface area contributed by atoms with Crippen LogP contribution in [0.3, 0.4) is 0 Å². The summed E-state index contributed by atoms with van der Waals surface area (Å²) in [6.45, 7) is 0. The molecule has 0 aromatic heterocycles. The number of benzene rings is 14. The van der Waals surface area contributed by atoms with Crippen molar-refractivity contribution >= 4 is 88.4 Å². The van der Waals surface area contributed by atoms with E-state index in [1.165, 1.54) is 143 Å². The summed E-state index contributed by atoms with van der Waals surface area (Å²) in [5.41, 5.74) is 24.4. The van der Waals surface area contributed by atoms with Gasteiger partial charge in [0.05, 0.1) is 6.04 Å². The summed E-state index contributed by atoms with van der Waals surface area (Å²) in [5.74, 6) is 0. The first-order valence-corrected chi connectivity index (χ1v) is 29.9. The van der Waals surface area contributed by atoms with Gasteiger partial charge in [0.1, 0.15) is 0 Å². The summed E-state index contributed by atoms with van der Waals surface area (Å²) in [4.78, 5) is 5.09. The zero-order valence-corrected chi connectivity index (χ0v) is 46.6. The summed E-state index contributed by atoms with van der Waals surface area (Å²) in [7, 11) is 0. The molecule has 84 heavy (non-hydrogen) atoms. The van der Waals surface area contributed by atoms with E-state index in [-0.39, 0.29) is 6.04 Å². The lowest BCUT2D eigenvalue weighted by Crippen LogP contribution is -2.32. The van der Waals surface area contributed by atoms with E-state index in [0.29, 0.717) is 0 Å². The normalized spacial score (nSPS) is 14.0. The first-order valence-electron chi connectivity index (χ1n) is 29.9. The fourth-order valence-corrected chi connectivity index (χ4v) is 14.6. The summed E-state index contributed by atoms with van der Waals surface area (Å²) < 4.78 is 0. The molecule has 0 aliphatic heterocycles. The molecule has 14 aromatic rings. The fourth-order valence-electron chi connectivity index (χ4n) is 14.6. The second kappa shape index (κ2) is 19.7. The average Bonchev–Trinajstić information content (AvgIpc) is 1.66. The predicted molar refractivity (Wildman–Crippen MR) is 357 cm³/mol. The SMILES string of the molecule is C1=CC(N(c2ccc3ccccc3c2)c2ccc3c(-c4ccc5c(c4)CCc4ccccc4-5)c4cc(N(c5ccc6ccccc6c5)c5ccc6ccccc6c5)ccc4c(-c4ccc5c(c4)CCc4ccccc4-5)c3c2)Cc2ccccc21. The lowest BCUT2D eigenvalue weighted by atomic mass is 9.80. The number of aryl methyl sites for hydroxylation is 4.